The molecule has 0 bridgehead atoms. The summed E-state index contributed by atoms with van der Waals surface area (Å²) in [4.78, 5) is 42.6. The maximum atomic E-state index is 15.0. The summed E-state index contributed by atoms with van der Waals surface area (Å²) in [6, 6.07) is 4.75. The number of carboxylic acid groups (broad SMARTS) is 1. The Labute approximate surface area is 248 Å². The van der Waals surface area contributed by atoms with Gasteiger partial charge in [0, 0.05) is 42.5 Å². The van der Waals surface area contributed by atoms with E-state index in [2.05, 4.69) is 15.6 Å². The molecule has 232 valence electrons. The average molecular weight is 617 g/mol. The van der Waals surface area contributed by atoms with Gasteiger partial charge in [-0.25, -0.2) is 13.6 Å². The summed E-state index contributed by atoms with van der Waals surface area (Å²) in [5.74, 6) is -4.22. The number of anilines is 1. The smallest absolute Gasteiger partial charge is 0.408 e. The SMILES string of the molecule is CC[C@@H](Nc1cc(C)c(C(=O)N[C@@H](Cc2ccc(-c3c(C)c(F)cn(C)c3=O)c3ncccc23)C(=O)O)c(F)c1)C(F)(F)F. The molecule has 0 radical (unpaired) electrons. The van der Waals surface area contributed by atoms with Crippen LogP contribution in [0.3, 0.4) is 0 Å². The Kier molecular flexibility index (Phi) is 9.07. The summed E-state index contributed by atoms with van der Waals surface area (Å²) in [6.07, 6.45) is -2.62. The first-order chi connectivity index (χ1) is 20.6. The minimum absolute atomic E-state index is 0.00258. The first-order valence-corrected chi connectivity index (χ1v) is 13.5. The maximum Gasteiger partial charge on any atom is 0.408 e. The highest BCUT2D eigenvalue weighted by Crippen LogP contribution is 2.31. The van der Waals surface area contributed by atoms with Gasteiger partial charge in [0.1, 0.15) is 23.7 Å². The van der Waals surface area contributed by atoms with Crippen molar-refractivity contribution in [2.45, 2.75) is 51.9 Å². The maximum absolute atomic E-state index is 15.0. The molecule has 44 heavy (non-hydrogen) atoms. The van der Waals surface area contributed by atoms with Crippen molar-refractivity contribution in [3.05, 3.63) is 93.0 Å². The van der Waals surface area contributed by atoms with Gasteiger partial charge in [-0.15, -0.1) is 0 Å². The molecule has 13 heteroatoms. The van der Waals surface area contributed by atoms with Crippen molar-refractivity contribution in [2.24, 2.45) is 7.05 Å². The van der Waals surface area contributed by atoms with Gasteiger partial charge >= 0.3 is 12.1 Å². The van der Waals surface area contributed by atoms with Crippen molar-refractivity contribution in [3.63, 3.8) is 0 Å². The molecule has 1 amide bonds. The number of amides is 1. The predicted octanol–water partition coefficient (Wildman–Crippen LogP) is 5.67. The second kappa shape index (κ2) is 12.4. The highest BCUT2D eigenvalue weighted by atomic mass is 19.4. The predicted molar refractivity (Wildman–Crippen MR) is 155 cm³/mol. The first-order valence-electron chi connectivity index (χ1n) is 13.5. The number of carbonyl (C=O) groups is 2. The second-order valence-electron chi connectivity index (χ2n) is 10.4. The van der Waals surface area contributed by atoms with Crippen LogP contribution in [0.5, 0.6) is 0 Å². The molecule has 0 unspecified atom stereocenters. The number of fused-ring (bicyclic) bond motifs is 1. The van der Waals surface area contributed by atoms with Crippen molar-refractivity contribution < 1.29 is 36.6 Å². The fourth-order valence-corrected chi connectivity index (χ4v) is 5.09. The van der Waals surface area contributed by atoms with Crippen molar-refractivity contribution in [1.82, 2.24) is 14.9 Å². The van der Waals surface area contributed by atoms with Crippen LogP contribution in [0, 0.1) is 25.5 Å². The molecule has 0 aliphatic rings. The molecule has 0 saturated carbocycles. The van der Waals surface area contributed by atoms with E-state index < -0.39 is 52.9 Å². The normalized spacial score (nSPS) is 13.0. The minimum atomic E-state index is -4.58. The van der Waals surface area contributed by atoms with Gasteiger partial charge < -0.3 is 20.3 Å². The van der Waals surface area contributed by atoms with Crippen LogP contribution in [0.15, 0.2) is 53.6 Å². The molecule has 2 heterocycles. The third kappa shape index (κ3) is 6.41. The lowest BCUT2D eigenvalue weighted by molar-refractivity contribution is -0.143. The summed E-state index contributed by atoms with van der Waals surface area (Å²) < 4.78 is 70.2. The largest absolute Gasteiger partial charge is 0.480 e. The Morgan fingerprint density at radius 3 is 2.41 bits per heavy atom. The van der Waals surface area contributed by atoms with E-state index in [1.165, 1.54) is 46.1 Å². The van der Waals surface area contributed by atoms with Crippen LogP contribution in [0.4, 0.5) is 27.6 Å². The van der Waals surface area contributed by atoms with Gasteiger partial charge in [-0.05, 0) is 55.2 Å². The lowest BCUT2D eigenvalue weighted by Gasteiger charge is -2.22. The third-order valence-corrected chi connectivity index (χ3v) is 7.39. The number of nitrogens with zero attached hydrogens (tertiary/aromatic N) is 2. The van der Waals surface area contributed by atoms with Gasteiger partial charge in [-0.3, -0.25) is 14.6 Å². The first kappa shape index (κ1) is 32.1. The van der Waals surface area contributed by atoms with E-state index in [4.69, 9.17) is 0 Å². The lowest BCUT2D eigenvalue weighted by Crippen LogP contribution is -2.43. The zero-order valence-electron chi connectivity index (χ0n) is 24.1. The number of aryl methyl sites for hydroxylation is 2. The monoisotopic (exact) mass is 616 g/mol. The Bertz CT molecular complexity index is 1800. The summed E-state index contributed by atoms with van der Waals surface area (Å²) in [5.41, 5.74) is 0.115. The fourth-order valence-electron chi connectivity index (χ4n) is 5.09. The van der Waals surface area contributed by atoms with Crippen LogP contribution >= 0.6 is 0 Å². The van der Waals surface area contributed by atoms with Gasteiger partial charge in [-0.2, -0.15) is 13.2 Å². The molecule has 4 aromatic rings. The van der Waals surface area contributed by atoms with Crippen LogP contribution in [-0.4, -0.2) is 44.8 Å². The number of halogens is 5. The number of nitrogens with one attached hydrogen (secondary N) is 2. The van der Waals surface area contributed by atoms with Gasteiger partial charge in [0.2, 0.25) is 0 Å². The number of carboxylic acids is 1. The molecule has 8 nitrogen and oxygen atoms in total. The molecule has 4 rings (SSSR count). The van der Waals surface area contributed by atoms with Gasteiger partial charge in [0.15, 0.2) is 0 Å². The number of rotatable bonds is 9. The van der Waals surface area contributed by atoms with Crippen molar-refractivity contribution in [3.8, 4) is 11.1 Å². The molecule has 0 saturated heterocycles. The van der Waals surface area contributed by atoms with Crippen molar-refractivity contribution >= 4 is 28.5 Å². The summed E-state index contributed by atoms with van der Waals surface area (Å²) in [5, 5.41) is 14.9. The number of hydrogen-bond donors (Lipinski definition) is 3. The zero-order chi connectivity index (χ0) is 32.5. The number of alkyl halides is 3. The van der Waals surface area contributed by atoms with Crippen molar-refractivity contribution in [2.75, 3.05) is 5.32 Å². The quantitative estimate of drug-likeness (QED) is 0.209. The van der Waals surface area contributed by atoms with E-state index in [1.54, 1.807) is 18.2 Å². The molecule has 2 aromatic carbocycles. The highest BCUT2D eigenvalue weighted by molar-refractivity contribution is 5.99. The lowest BCUT2D eigenvalue weighted by atomic mass is 9.93. The number of hydrogen-bond acceptors (Lipinski definition) is 5. The fraction of sp³-hybridized carbons (Fsp3) is 0.290. The topological polar surface area (TPSA) is 113 Å². The van der Waals surface area contributed by atoms with Crippen LogP contribution < -0.4 is 16.2 Å². The number of aliphatic carboxylic acids is 1. The molecule has 2 aromatic heterocycles. The third-order valence-electron chi connectivity index (χ3n) is 7.39. The van der Waals surface area contributed by atoms with Crippen LogP contribution in [0.1, 0.15) is 40.4 Å². The zero-order valence-corrected chi connectivity index (χ0v) is 24.1. The summed E-state index contributed by atoms with van der Waals surface area (Å²) >= 11 is 0. The second-order valence-corrected chi connectivity index (χ2v) is 10.4. The molecule has 0 aliphatic carbocycles. The summed E-state index contributed by atoms with van der Waals surface area (Å²) in [6.45, 7) is 4.11. The molecule has 0 spiro atoms. The average Bonchev–Trinajstić information content (AvgIpc) is 2.94. The number of pyridine rings is 2. The van der Waals surface area contributed by atoms with Gasteiger partial charge in [0.25, 0.3) is 11.5 Å². The van der Waals surface area contributed by atoms with E-state index >= 15 is 4.39 Å². The Morgan fingerprint density at radius 1 is 1.09 bits per heavy atom. The Hall–Kier alpha value is -4.81. The molecular weight excluding hydrogens is 587 g/mol. The van der Waals surface area contributed by atoms with E-state index in [0.29, 0.717) is 22.0 Å². The van der Waals surface area contributed by atoms with E-state index in [1.807, 2.05) is 0 Å². The highest BCUT2D eigenvalue weighted by Gasteiger charge is 2.38. The molecular formula is C31H29F5N4O4. The number of aromatic nitrogens is 2. The standard InChI is InChI=1S/C31H29F5N4O4/c1-5-24(31(34,35)36)38-18-11-15(2)25(21(32)13-18)28(41)39-23(30(43)44)12-17-8-9-20(27-19(17)7-6-10-37-27)26-16(3)22(33)14-40(4)29(26)42/h6-11,13-14,23-24,38H,5,12H2,1-4H3,(H,39,41)(H,43,44)/t23-,24+/m0/s1. The van der Waals surface area contributed by atoms with Crippen molar-refractivity contribution in [1.29, 1.82) is 0 Å². The summed E-state index contributed by atoms with van der Waals surface area (Å²) in [7, 11) is 1.41. The molecule has 0 fully saturated rings. The van der Waals surface area contributed by atoms with Crippen LogP contribution in [-0.2, 0) is 18.3 Å². The van der Waals surface area contributed by atoms with E-state index in [0.717, 1.165) is 16.8 Å². The van der Waals surface area contributed by atoms with Gasteiger partial charge in [0.05, 0.1) is 16.6 Å². The van der Waals surface area contributed by atoms with E-state index in [-0.39, 0.29) is 35.2 Å². The molecule has 0 aliphatic heterocycles. The molecule has 3 N–H and O–H groups in total. The molecule has 2 atom stereocenters. The Morgan fingerprint density at radius 2 is 1.80 bits per heavy atom. The van der Waals surface area contributed by atoms with Crippen LogP contribution in [0.25, 0.3) is 22.0 Å². The number of benzene rings is 2. The minimum Gasteiger partial charge on any atom is -0.480 e. The Balaban J connectivity index is 1.66. The van der Waals surface area contributed by atoms with Gasteiger partial charge in [-0.1, -0.05) is 25.1 Å². The van der Waals surface area contributed by atoms with E-state index in [9.17, 15) is 37.1 Å². The number of carbonyl (C=O) groups excluding carboxylic acids is 1. The van der Waals surface area contributed by atoms with Crippen LogP contribution in [0.2, 0.25) is 0 Å².